The van der Waals surface area contributed by atoms with E-state index < -0.39 is 0 Å². The number of ketones is 1. The average molecular weight is 365 g/mol. The van der Waals surface area contributed by atoms with Crippen molar-refractivity contribution >= 4 is 11.7 Å². The minimum atomic E-state index is -0.0824. The van der Waals surface area contributed by atoms with Crippen molar-refractivity contribution in [3.8, 4) is 5.75 Å². The maximum atomic E-state index is 12.4. The Hall–Kier alpha value is -2.62. The van der Waals surface area contributed by atoms with E-state index >= 15 is 0 Å². The summed E-state index contributed by atoms with van der Waals surface area (Å²) in [6.45, 7) is 1.11. The molecular formula is C23H27NO3. The summed E-state index contributed by atoms with van der Waals surface area (Å²) in [4.78, 5) is 24.3. The van der Waals surface area contributed by atoms with Gasteiger partial charge in [0.05, 0.1) is 6.61 Å². The fourth-order valence-electron chi connectivity index (χ4n) is 3.37. The summed E-state index contributed by atoms with van der Waals surface area (Å²) in [6, 6.07) is 15.6. The summed E-state index contributed by atoms with van der Waals surface area (Å²) < 4.78 is 5.58. The molecule has 0 atom stereocenters. The fraction of sp³-hybridized carbons (Fsp3) is 0.391. The number of hydrogen-bond acceptors (Lipinski definition) is 3. The molecule has 0 fully saturated rings. The van der Waals surface area contributed by atoms with Crippen molar-refractivity contribution in [2.24, 2.45) is 0 Å². The van der Waals surface area contributed by atoms with Crippen LogP contribution in [0.5, 0.6) is 5.75 Å². The van der Waals surface area contributed by atoms with E-state index in [4.69, 9.17) is 4.74 Å². The Morgan fingerprint density at radius 2 is 1.70 bits per heavy atom. The topological polar surface area (TPSA) is 55.4 Å². The molecule has 1 aliphatic carbocycles. The molecule has 27 heavy (non-hydrogen) atoms. The predicted octanol–water partition coefficient (Wildman–Crippen LogP) is 4.11. The number of carbonyl (C=O) groups is 2. The van der Waals surface area contributed by atoms with E-state index in [1.807, 2.05) is 42.5 Å². The molecule has 0 aromatic heterocycles. The Kier molecular flexibility index (Phi) is 7.03. The maximum absolute atomic E-state index is 12.4. The molecule has 0 radical (unpaired) electrons. The first-order valence-electron chi connectivity index (χ1n) is 9.82. The summed E-state index contributed by atoms with van der Waals surface area (Å²) in [5.74, 6) is 0.798. The number of nitrogens with one attached hydrogen (secondary N) is 1. The molecule has 3 rings (SSSR count). The van der Waals surface area contributed by atoms with Gasteiger partial charge in [-0.25, -0.2) is 0 Å². The first kappa shape index (κ1) is 19.2. The molecule has 0 spiro atoms. The van der Waals surface area contributed by atoms with Gasteiger partial charge in [-0.2, -0.15) is 0 Å². The maximum Gasteiger partial charge on any atom is 0.220 e. The van der Waals surface area contributed by atoms with Gasteiger partial charge in [0.2, 0.25) is 5.91 Å². The van der Waals surface area contributed by atoms with Crippen molar-refractivity contribution in [2.75, 3.05) is 13.2 Å². The molecule has 2 aromatic rings. The number of benzene rings is 2. The van der Waals surface area contributed by atoms with Gasteiger partial charge < -0.3 is 10.1 Å². The quantitative estimate of drug-likeness (QED) is 0.537. The number of para-hydroxylation sites is 1. The number of amides is 1. The lowest BCUT2D eigenvalue weighted by Gasteiger charge is -2.16. The number of carbonyl (C=O) groups excluding carboxylic acids is 2. The summed E-state index contributed by atoms with van der Waals surface area (Å²) in [6.07, 6.45) is 5.82. The zero-order valence-electron chi connectivity index (χ0n) is 15.7. The van der Waals surface area contributed by atoms with E-state index in [1.54, 1.807) is 0 Å². The third-order valence-corrected chi connectivity index (χ3v) is 4.90. The Labute approximate surface area is 160 Å². The number of rotatable bonds is 9. The largest absolute Gasteiger partial charge is 0.494 e. The van der Waals surface area contributed by atoms with E-state index in [0.29, 0.717) is 13.2 Å². The SMILES string of the molecule is O=C(CCC(=O)c1ccc2c(c1)CCCC2)NCCCOc1ccccc1. The molecule has 0 unspecified atom stereocenters. The summed E-state index contributed by atoms with van der Waals surface area (Å²) in [5.41, 5.74) is 3.41. The van der Waals surface area contributed by atoms with Gasteiger partial charge in [0.15, 0.2) is 5.78 Å². The molecule has 1 amide bonds. The van der Waals surface area contributed by atoms with E-state index in [1.165, 1.54) is 24.0 Å². The Morgan fingerprint density at radius 3 is 2.52 bits per heavy atom. The second-order valence-electron chi connectivity index (χ2n) is 6.98. The molecule has 0 saturated carbocycles. The van der Waals surface area contributed by atoms with Crippen LogP contribution in [0.4, 0.5) is 0 Å². The molecule has 2 aromatic carbocycles. The second-order valence-corrected chi connectivity index (χ2v) is 6.98. The normalized spacial score (nSPS) is 12.9. The van der Waals surface area contributed by atoms with Crippen LogP contribution in [-0.4, -0.2) is 24.8 Å². The van der Waals surface area contributed by atoms with Gasteiger partial charge in [-0.15, -0.1) is 0 Å². The minimum absolute atomic E-state index is 0.0472. The molecular weight excluding hydrogens is 338 g/mol. The summed E-state index contributed by atoms with van der Waals surface area (Å²) in [5, 5.41) is 2.85. The second kappa shape index (κ2) is 9.91. The van der Waals surface area contributed by atoms with Crippen LogP contribution in [0.2, 0.25) is 0 Å². The molecule has 0 saturated heterocycles. The number of aryl methyl sites for hydroxylation is 2. The smallest absolute Gasteiger partial charge is 0.220 e. The molecule has 4 nitrogen and oxygen atoms in total. The van der Waals surface area contributed by atoms with Crippen molar-refractivity contribution in [3.05, 3.63) is 65.2 Å². The van der Waals surface area contributed by atoms with Crippen molar-refractivity contribution < 1.29 is 14.3 Å². The van der Waals surface area contributed by atoms with Crippen molar-refractivity contribution in [3.63, 3.8) is 0 Å². The Balaban J connectivity index is 1.33. The highest BCUT2D eigenvalue weighted by Gasteiger charge is 2.14. The van der Waals surface area contributed by atoms with Crippen LogP contribution in [-0.2, 0) is 17.6 Å². The van der Waals surface area contributed by atoms with Gasteiger partial charge >= 0.3 is 0 Å². The Morgan fingerprint density at radius 1 is 0.926 bits per heavy atom. The minimum Gasteiger partial charge on any atom is -0.494 e. The third-order valence-electron chi connectivity index (χ3n) is 4.90. The van der Waals surface area contributed by atoms with Crippen LogP contribution in [0.1, 0.15) is 53.6 Å². The van der Waals surface area contributed by atoms with Gasteiger partial charge in [0, 0.05) is 24.9 Å². The molecule has 0 bridgehead atoms. The van der Waals surface area contributed by atoms with E-state index in [9.17, 15) is 9.59 Å². The van der Waals surface area contributed by atoms with Crippen molar-refractivity contribution in [1.29, 1.82) is 0 Å². The first-order chi connectivity index (χ1) is 13.2. The number of ether oxygens (including phenoxy) is 1. The standard InChI is InChI=1S/C23H27NO3/c25-22(20-12-11-18-7-4-5-8-19(18)17-20)13-14-23(26)24-15-6-16-27-21-9-2-1-3-10-21/h1-3,9-12,17H,4-8,13-16H2,(H,24,26). The lowest BCUT2D eigenvalue weighted by atomic mass is 9.89. The van der Waals surface area contributed by atoms with E-state index in [0.717, 1.165) is 30.6 Å². The highest BCUT2D eigenvalue weighted by atomic mass is 16.5. The summed E-state index contributed by atoms with van der Waals surface area (Å²) >= 11 is 0. The predicted molar refractivity (Wildman–Crippen MR) is 106 cm³/mol. The van der Waals surface area contributed by atoms with Gasteiger partial charge in [0.1, 0.15) is 5.75 Å². The van der Waals surface area contributed by atoms with Crippen molar-refractivity contribution in [2.45, 2.75) is 44.9 Å². The zero-order chi connectivity index (χ0) is 18.9. The number of hydrogen-bond donors (Lipinski definition) is 1. The molecule has 1 aliphatic rings. The number of fused-ring (bicyclic) bond motifs is 1. The lowest BCUT2D eigenvalue weighted by Crippen LogP contribution is -2.26. The monoisotopic (exact) mass is 365 g/mol. The first-order valence-corrected chi connectivity index (χ1v) is 9.82. The average Bonchev–Trinajstić information content (AvgIpc) is 2.72. The van der Waals surface area contributed by atoms with E-state index in [2.05, 4.69) is 11.4 Å². The molecule has 4 heteroatoms. The van der Waals surface area contributed by atoms with E-state index in [-0.39, 0.29) is 24.5 Å². The van der Waals surface area contributed by atoms with Crippen LogP contribution in [0, 0.1) is 0 Å². The Bertz CT molecular complexity index is 770. The fourth-order valence-corrected chi connectivity index (χ4v) is 3.37. The molecule has 142 valence electrons. The molecule has 0 heterocycles. The van der Waals surface area contributed by atoms with Gasteiger partial charge in [-0.05, 0) is 61.4 Å². The van der Waals surface area contributed by atoms with Crippen molar-refractivity contribution in [1.82, 2.24) is 5.32 Å². The molecule has 0 aliphatic heterocycles. The molecule has 1 N–H and O–H groups in total. The highest BCUT2D eigenvalue weighted by Crippen LogP contribution is 2.22. The van der Waals surface area contributed by atoms with Crippen LogP contribution in [0.3, 0.4) is 0 Å². The van der Waals surface area contributed by atoms with Gasteiger partial charge in [-0.3, -0.25) is 9.59 Å². The van der Waals surface area contributed by atoms with Crippen LogP contribution < -0.4 is 10.1 Å². The van der Waals surface area contributed by atoms with Crippen LogP contribution in [0.15, 0.2) is 48.5 Å². The summed E-state index contributed by atoms with van der Waals surface area (Å²) in [7, 11) is 0. The van der Waals surface area contributed by atoms with Crippen LogP contribution in [0.25, 0.3) is 0 Å². The lowest BCUT2D eigenvalue weighted by molar-refractivity contribution is -0.121. The van der Waals surface area contributed by atoms with Gasteiger partial charge in [0.25, 0.3) is 0 Å². The number of Topliss-reactive ketones (excluding diaryl/α,β-unsaturated/α-hetero) is 1. The third kappa shape index (κ3) is 5.95. The zero-order valence-corrected chi connectivity index (χ0v) is 15.7. The van der Waals surface area contributed by atoms with Gasteiger partial charge in [-0.1, -0.05) is 30.3 Å². The highest BCUT2D eigenvalue weighted by molar-refractivity contribution is 5.98. The van der Waals surface area contributed by atoms with Crippen LogP contribution >= 0.6 is 0 Å².